The van der Waals surface area contributed by atoms with Gasteiger partial charge in [0.25, 0.3) is 0 Å². The lowest BCUT2D eigenvalue weighted by Crippen LogP contribution is -2.29. The average molecular weight is 726 g/mol. The fourth-order valence-electron chi connectivity index (χ4n) is 6.80. The minimum Gasteiger partial charge on any atom is -0.462 e. The molecule has 1 unspecified atom stereocenters. The molecular formula is C44H87NO6. The van der Waals surface area contributed by atoms with Crippen LogP contribution in [0.25, 0.3) is 0 Å². The number of carbonyl (C=O) groups excluding carboxylic acids is 2. The van der Waals surface area contributed by atoms with Gasteiger partial charge in [0, 0.05) is 13.0 Å². The molecular weight excluding hydrogens is 638 g/mol. The van der Waals surface area contributed by atoms with Crippen molar-refractivity contribution in [3.63, 3.8) is 0 Å². The number of esters is 1. The van der Waals surface area contributed by atoms with Crippen LogP contribution in [-0.2, 0) is 19.0 Å². The quantitative estimate of drug-likeness (QED) is 0.0497. The predicted octanol–water partition coefficient (Wildman–Crippen LogP) is 12.7. The van der Waals surface area contributed by atoms with E-state index in [0.29, 0.717) is 32.1 Å². The van der Waals surface area contributed by atoms with Crippen LogP contribution in [0.4, 0.5) is 4.79 Å². The summed E-state index contributed by atoms with van der Waals surface area (Å²) in [6.45, 7) is 12.6. The molecule has 0 rings (SSSR count). The Morgan fingerprint density at radius 3 is 1.53 bits per heavy atom. The van der Waals surface area contributed by atoms with Crippen LogP contribution in [0.3, 0.4) is 0 Å². The van der Waals surface area contributed by atoms with Crippen molar-refractivity contribution in [1.82, 2.24) is 4.90 Å². The first kappa shape index (κ1) is 49.7. The summed E-state index contributed by atoms with van der Waals surface area (Å²) in [6.07, 6.45) is 34.5. The Morgan fingerprint density at radius 1 is 0.529 bits per heavy atom. The highest BCUT2D eigenvalue weighted by atomic mass is 16.7. The Morgan fingerprint density at radius 2 is 0.980 bits per heavy atom. The lowest BCUT2D eigenvalue weighted by atomic mass is 10.0. The maximum absolute atomic E-state index is 12.7. The second kappa shape index (κ2) is 39.9. The Hall–Kier alpha value is -1.34. The molecule has 0 amide bonds. The molecule has 7 nitrogen and oxygen atoms in total. The molecule has 0 aliphatic heterocycles. The second-order valence-electron chi connectivity index (χ2n) is 15.4. The number of rotatable bonds is 40. The van der Waals surface area contributed by atoms with Crippen LogP contribution in [0.1, 0.15) is 220 Å². The highest BCUT2D eigenvalue weighted by molar-refractivity contribution is 5.69. The Labute approximate surface area is 317 Å². The molecule has 304 valence electrons. The van der Waals surface area contributed by atoms with Crippen molar-refractivity contribution in [3.8, 4) is 0 Å². The summed E-state index contributed by atoms with van der Waals surface area (Å²) in [7, 11) is 0. The van der Waals surface area contributed by atoms with Crippen molar-refractivity contribution in [1.29, 1.82) is 0 Å². The van der Waals surface area contributed by atoms with Crippen molar-refractivity contribution < 1.29 is 28.9 Å². The van der Waals surface area contributed by atoms with Gasteiger partial charge in [0.1, 0.15) is 6.10 Å². The number of ether oxygens (including phenoxy) is 3. The van der Waals surface area contributed by atoms with Gasteiger partial charge in [-0.1, -0.05) is 156 Å². The third-order valence-electron chi connectivity index (χ3n) is 10.2. The molecule has 0 heterocycles. The topological polar surface area (TPSA) is 85.3 Å². The third kappa shape index (κ3) is 36.8. The van der Waals surface area contributed by atoms with Gasteiger partial charge in [-0.15, -0.1) is 0 Å². The van der Waals surface area contributed by atoms with Gasteiger partial charge < -0.3 is 24.2 Å². The highest BCUT2D eigenvalue weighted by Gasteiger charge is 2.15. The number of nitrogens with zero attached hydrogens (tertiary/aromatic N) is 1. The summed E-state index contributed by atoms with van der Waals surface area (Å²) in [5.74, 6) is 0.317. The normalized spacial score (nSPS) is 12.1. The van der Waals surface area contributed by atoms with Crippen molar-refractivity contribution in [3.05, 3.63) is 0 Å². The first-order chi connectivity index (χ1) is 25.0. The fourth-order valence-corrected chi connectivity index (χ4v) is 6.80. The molecule has 0 aliphatic carbocycles. The van der Waals surface area contributed by atoms with Gasteiger partial charge in [-0.05, 0) is 76.8 Å². The minimum atomic E-state index is -0.534. The molecule has 0 saturated heterocycles. The summed E-state index contributed by atoms with van der Waals surface area (Å²) in [5.41, 5.74) is 0. The summed E-state index contributed by atoms with van der Waals surface area (Å²) < 4.78 is 16.6. The maximum Gasteiger partial charge on any atom is 0.508 e. The molecule has 0 aromatic carbocycles. The molecule has 0 aromatic heterocycles. The van der Waals surface area contributed by atoms with E-state index in [0.717, 1.165) is 90.1 Å². The van der Waals surface area contributed by atoms with E-state index in [9.17, 15) is 14.7 Å². The molecule has 0 fully saturated rings. The van der Waals surface area contributed by atoms with Gasteiger partial charge in [0.2, 0.25) is 0 Å². The van der Waals surface area contributed by atoms with E-state index in [1.54, 1.807) is 0 Å². The summed E-state index contributed by atoms with van der Waals surface area (Å²) in [5, 5.41) is 9.56. The maximum atomic E-state index is 12.7. The fraction of sp³-hybridized carbons (Fsp3) is 0.955. The van der Waals surface area contributed by atoms with Crippen molar-refractivity contribution >= 4 is 12.1 Å². The van der Waals surface area contributed by atoms with Crippen LogP contribution in [0.5, 0.6) is 0 Å². The second-order valence-corrected chi connectivity index (χ2v) is 15.4. The van der Waals surface area contributed by atoms with E-state index in [1.807, 2.05) is 0 Å². The van der Waals surface area contributed by atoms with Crippen LogP contribution >= 0.6 is 0 Å². The van der Waals surface area contributed by atoms with Crippen molar-refractivity contribution in [2.24, 2.45) is 5.92 Å². The molecule has 0 aromatic rings. The molecule has 0 saturated carbocycles. The molecule has 0 spiro atoms. The summed E-state index contributed by atoms with van der Waals surface area (Å²) >= 11 is 0. The number of aliphatic hydroxyl groups excluding tert-OH is 1. The zero-order chi connectivity index (χ0) is 37.5. The molecule has 0 bridgehead atoms. The number of unbranched alkanes of at least 4 members (excludes halogenated alkanes) is 21. The Balaban J connectivity index is 4.03. The largest absolute Gasteiger partial charge is 0.508 e. The van der Waals surface area contributed by atoms with E-state index in [-0.39, 0.29) is 18.7 Å². The van der Waals surface area contributed by atoms with E-state index in [1.165, 1.54) is 109 Å². The van der Waals surface area contributed by atoms with Crippen molar-refractivity contribution in [2.45, 2.75) is 226 Å². The predicted molar refractivity (Wildman–Crippen MR) is 215 cm³/mol. The molecule has 1 N–H and O–H groups in total. The first-order valence-electron chi connectivity index (χ1n) is 22.3. The van der Waals surface area contributed by atoms with Gasteiger partial charge in [-0.2, -0.15) is 0 Å². The van der Waals surface area contributed by atoms with Gasteiger partial charge in [0.15, 0.2) is 0 Å². The third-order valence-corrected chi connectivity index (χ3v) is 10.2. The molecule has 1 atom stereocenters. The van der Waals surface area contributed by atoms with E-state index in [4.69, 9.17) is 14.2 Å². The van der Waals surface area contributed by atoms with Crippen LogP contribution in [-0.4, -0.2) is 67.7 Å². The summed E-state index contributed by atoms with van der Waals surface area (Å²) in [6, 6.07) is 0. The Bertz CT molecular complexity index is 718. The zero-order valence-corrected chi connectivity index (χ0v) is 34.5. The number of carbonyl (C=O) groups is 2. The number of hydrogen-bond donors (Lipinski definition) is 1. The van der Waals surface area contributed by atoms with Gasteiger partial charge in [-0.3, -0.25) is 4.79 Å². The van der Waals surface area contributed by atoms with E-state index >= 15 is 0 Å². The smallest absolute Gasteiger partial charge is 0.462 e. The van der Waals surface area contributed by atoms with Gasteiger partial charge in [0.05, 0.1) is 19.8 Å². The van der Waals surface area contributed by atoms with E-state index < -0.39 is 6.16 Å². The highest BCUT2D eigenvalue weighted by Crippen LogP contribution is 2.18. The van der Waals surface area contributed by atoms with Crippen LogP contribution in [0.15, 0.2) is 0 Å². The lowest BCUT2D eigenvalue weighted by Gasteiger charge is -2.21. The molecule has 0 aliphatic rings. The Kier molecular flexibility index (Phi) is 38.8. The van der Waals surface area contributed by atoms with Gasteiger partial charge in [-0.25, -0.2) is 4.79 Å². The average Bonchev–Trinajstić information content (AvgIpc) is 3.12. The van der Waals surface area contributed by atoms with Crippen molar-refractivity contribution in [2.75, 3.05) is 39.5 Å². The number of hydrogen-bond acceptors (Lipinski definition) is 7. The van der Waals surface area contributed by atoms with Crippen LogP contribution < -0.4 is 0 Å². The van der Waals surface area contributed by atoms with Gasteiger partial charge >= 0.3 is 12.1 Å². The molecule has 7 heteroatoms. The lowest BCUT2D eigenvalue weighted by molar-refractivity contribution is -0.150. The SMILES string of the molecule is CCCCCCCCCOC(=O)OCC(C)CCCCN(CCO)CCCCCCCC(=O)OC(CCCCCCCC)CCCCCCCC. The number of aliphatic hydroxyl groups is 1. The zero-order valence-electron chi connectivity index (χ0n) is 34.5. The first-order valence-corrected chi connectivity index (χ1v) is 22.3. The summed E-state index contributed by atoms with van der Waals surface area (Å²) in [4.78, 5) is 27.0. The molecule has 0 radical (unpaired) electrons. The standard InChI is InChI=1S/C44H87NO6/c1-5-8-11-14-17-23-30-39-49-44(48)50-40-41(4)31-27-29-36-45(37-38-46)35-28-22-18-21-26-34-43(47)51-42(32-24-19-15-12-9-6-2)33-25-20-16-13-10-7-3/h41-42,46H,5-40H2,1-4H3. The van der Waals surface area contributed by atoms with Crippen LogP contribution in [0.2, 0.25) is 0 Å². The van der Waals surface area contributed by atoms with E-state index in [2.05, 4.69) is 32.6 Å². The molecule has 51 heavy (non-hydrogen) atoms. The monoisotopic (exact) mass is 726 g/mol. The van der Waals surface area contributed by atoms with Crippen LogP contribution in [0, 0.1) is 5.92 Å². The minimum absolute atomic E-state index is 0.00528.